The molecule has 0 spiro atoms. The molecule has 16 heteroatoms. The van der Waals surface area contributed by atoms with Crippen molar-refractivity contribution in [1.29, 1.82) is 0 Å². The first-order valence-corrected chi connectivity index (χ1v) is 10.5. The molecule has 2 saturated heterocycles. The van der Waals surface area contributed by atoms with E-state index in [4.69, 9.17) is 14.2 Å². The summed E-state index contributed by atoms with van der Waals surface area (Å²) in [5.41, 5.74) is -2.96. The second-order valence-corrected chi connectivity index (χ2v) is 8.78. The van der Waals surface area contributed by atoms with Crippen molar-refractivity contribution in [2.75, 3.05) is 13.2 Å². The summed E-state index contributed by atoms with van der Waals surface area (Å²) in [6.45, 7) is -1.84. The van der Waals surface area contributed by atoms with E-state index in [1.54, 1.807) is 0 Å². The van der Waals surface area contributed by atoms with Gasteiger partial charge in [0.1, 0.15) is 85.5 Å². The number of ether oxygens (including phenoxy) is 3. The van der Waals surface area contributed by atoms with Crippen molar-refractivity contribution in [2.45, 2.75) is 97.3 Å². The molecule has 4 unspecified atom stereocenters. The summed E-state index contributed by atoms with van der Waals surface area (Å²) in [5.74, 6) is 0. The molecule has 3 fully saturated rings. The number of hydrogen-bond donors (Lipinski definition) is 13. The second-order valence-electron chi connectivity index (χ2n) is 8.78. The molecule has 16 atom stereocenters. The lowest BCUT2D eigenvalue weighted by Crippen LogP contribution is -2.81. The maximum absolute atomic E-state index is 10.9. The standard InChI is InChI=1S/C18H32O16/c19-1-3-5(21)7(23)12(28)16(32-3)18(14(30)10(26)9(25)11(27)15(18)31)34-17-13(29)8(24)6(22)4(2-20)33-17/h3-17,19-31H,1-2H2/t3-,4-,5+,6+,7+,8+,9?,10-,11+,12-,13-,14+,15+,16?,17?,18?/m1/s1. The van der Waals surface area contributed by atoms with Gasteiger partial charge in [0.2, 0.25) is 0 Å². The van der Waals surface area contributed by atoms with Crippen molar-refractivity contribution >= 4 is 0 Å². The average molecular weight is 504 g/mol. The molecule has 2 aliphatic heterocycles. The van der Waals surface area contributed by atoms with Crippen LogP contribution >= 0.6 is 0 Å². The number of rotatable bonds is 5. The first-order valence-electron chi connectivity index (χ1n) is 10.5. The molecular weight excluding hydrogens is 472 g/mol. The Morgan fingerprint density at radius 2 is 0.912 bits per heavy atom. The monoisotopic (exact) mass is 504 g/mol. The van der Waals surface area contributed by atoms with E-state index in [0.29, 0.717) is 0 Å². The van der Waals surface area contributed by atoms with E-state index >= 15 is 0 Å². The normalized spacial score (nSPS) is 56.9. The van der Waals surface area contributed by atoms with E-state index < -0.39 is 111 Å². The van der Waals surface area contributed by atoms with Crippen LogP contribution in [0.4, 0.5) is 0 Å². The van der Waals surface area contributed by atoms with Gasteiger partial charge in [0.05, 0.1) is 13.2 Å². The fourth-order valence-electron chi connectivity index (χ4n) is 4.67. The SMILES string of the molecule is OC[C@H]1OC(OC2(C3O[C@H](CO)[C@H](O)[C@H](O)[C@H]3O)[C@@H](O)[C@H](O)C(O)[C@H](O)[C@@H]2O)[C@H](O)[C@@H](O)[C@H]1O. The van der Waals surface area contributed by atoms with Crippen molar-refractivity contribution < 1.29 is 80.6 Å². The minimum Gasteiger partial charge on any atom is -0.394 e. The molecule has 200 valence electrons. The van der Waals surface area contributed by atoms with Crippen LogP contribution in [0.25, 0.3) is 0 Å². The van der Waals surface area contributed by atoms with Crippen LogP contribution in [0.1, 0.15) is 0 Å². The lowest BCUT2D eigenvalue weighted by Gasteiger charge is -2.58. The largest absolute Gasteiger partial charge is 0.394 e. The third kappa shape index (κ3) is 4.26. The molecule has 0 amide bonds. The second kappa shape index (κ2) is 10.4. The van der Waals surface area contributed by atoms with Crippen LogP contribution < -0.4 is 0 Å². The fourth-order valence-corrected chi connectivity index (χ4v) is 4.67. The van der Waals surface area contributed by atoms with Gasteiger partial charge in [0, 0.05) is 0 Å². The molecule has 0 aromatic carbocycles. The number of aliphatic hydroxyl groups excluding tert-OH is 13. The molecule has 0 radical (unpaired) electrons. The lowest BCUT2D eigenvalue weighted by atomic mass is 9.68. The van der Waals surface area contributed by atoms with E-state index in [2.05, 4.69) is 0 Å². The Labute approximate surface area is 192 Å². The topological polar surface area (TPSA) is 291 Å². The average Bonchev–Trinajstić information content (AvgIpc) is 2.83. The summed E-state index contributed by atoms with van der Waals surface area (Å²) in [4.78, 5) is 0. The summed E-state index contributed by atoms with van der Waals surface area (Å²) in [6, 6.07) is 0. The molecule has 0 aromatic heterocycles. The maximum atomic E-state index is 10.9. The minimum atomic E-state index is -2.96. The molecule has 2 heterocycles. The van der Waals surface area contributed by atoms with Gasteiger partial charge in [-0.1, -0.05) is 0 Å². The Balaban J connectivity index is 2.10. The first kappa shape index (κ1) is 27.9. The Morgan fingerprint density at radius 3 is 1.38 bits per heavy atom. The summed E-state index contributed by atoms with van der Waals surface area (Å²) >= 11 is 0. The Kier molecular flexibility index (Phi) is 8.53. The van der Waals surface area contributed by atoms with Crippen LogP contribution in [-0.4, -0.2) is 177 Å². The van der Waals surface area contributed by atoms with Gasteiger partial charge >= 0.3 is 0 Å². The summed E-state index contributed by atoms with van der Waals surface area (Å²) in [5, 5.41) is 133. The summed E-state index contributed by atoms with van der Waals surface area (Å²) in [7, 11) is 0. The zero-order chi connectivity index (χ0) is 25.7. The Bertz CT molecular complexity index is 662. The van der Waals surface area contributed by atoms with Crippen molar-refractivity contribution in [3.8, 4) is 0 Å². The van der Waals surface area contributed by atoms with Crippen molar-refractivity contribution in [3.05, 3.63) is 0 Å². The zero-order valence-corrected chi connectivity index (χ0v) is 17.6. The van der Waals surface area contributed by atoms with Crippen molar-refractivity contribution in [2.24, 2.45) is 0 Å². The Hall–Kier alpha value is -0.640. The van der Waals surface area contributed by atoms with E-state index in [1.807, 2.05) is 0 Å². The van der Waals surface area contributed by atoms with Crippen LogP contribution in [0.5, 0.6) is 0 Å². The van der Waals surface area contributed by atoms with Crippen molar-refractivity contribution in [1.82, 2.24) is 0 Å². The van der Waals surface area contributed by atoms with Crippen LogP contribution in [0.2, 0.25) is 0 Å². The highest BCUT2D eigenvalue weighted by Crippen LogP contribution is 2.43. The van der Waals surface area contributed by atoms with E-state index in [0.717, 1.165) is 0 Å². The minimum absolute atomic E-state index is 0.896. The third-order valence-corrected chi connectivity index (χ3v) is 6.78. The lowest BCUT2D eigenvalue weighted by molar-refractivity contribution is -0.403. The zero-order valence-electron chi connectivity index (χ0n) is 17.6. The molecular formula is C18H32O16. The van der Waals surface area contributed by atoms with E-state index in [-0.39, 0.29) is 0 Å². The van der Waals surface area contributed by atoms with Gasteiger partial charge in [-0.3, -0.25) is 0 Å². The molecule has 0 aromatic rings. The summed E-state index contributed by atoms with van der Waals surface area (Å²) in [6.07, 6.45) is -31.2. The highest BCUT2D eigenvalue weighted by atomic mass is 16.7. The van der Waals surface area contributed by atoms with Crippen LogP contribution in [0.15, 0.2) is 0 Å². The van der Waals surface area contributed by atoms with Crippen LogP contribution in [-0.2, 0) is 14.2 Å². The van der Waals surface area contributed by atoms with Gasteiger partial charge in [-0.05, 0) is 0 Å². The smallest absolute Gasteiger partial charge is 0.187 e. The van der Waals surface area contributed by atoms with E-state index in [1.165, 1.54) is 0 Å². The van der Waals surface area contributed by atoms with Crippen molar-refractivity contribution in [3.63, 3.8) is 0 Å². The molecule has 34 heavy (non-hydrogen) atoms. The number of hydrogen-bond acceptors (Lipinski definition) is 16. The van der Waals surface area contributed by atoms with Crippen LogP contribution in [0, 0.1) is 0 Å². The summed E-state index contributed by atoms with van der Waals surface area (Å²) < 4.78 is 16.1. The van der Waals surface area contributed by atoms with Gasteiger partial charge in [-0.15, -0.1) is 0 Å². The molecule has 0 bridgehead atoms. The van der Waals surface area contributed by atoms with Gasteiger partial charge in [-0.25, -0.2) is 0 Å². The van der Waals surface area contributed by atoms with Gasteiger partial charge in [-0.2, -0.15) is 0 Å². The molecule has 1 aliphatic carbocycles. The van der Waals surface area contributed by atoms with Gasteiger partial charge < -0.3 is 80.6 Å². The molecule has 3 rings (SSSR count). The highest BCUT2D eigenvalue weighted by Gasteiger charge is 2.68. The van der Waals surface area contributed by atoms with Crippen LogP contribution in [0.3, 0.4) is 0 Å². The molecule has 16 nitrogen and oxygen atoms in total. The van der Waals surface area contributed by atoms with Gasteiger partial charge in [0.15, 0.2) is 11.9 Å². The number of aliphatic hydroxyl groups is 13. The predicted molar refractivity (Wildman–Crippen MR) is 101 cm³/mol. The first-order chi connectivity index (χ1) is 15.8. The molecule has 3 aliphatic rings. The van der Waals surface area contributed by atoms with E-state index in [9.17, 15) is 66.4 Å². The fraction of sp³-hybridized carbons (Fsp3) is 1.00. The highest BCUT2D eigenvalue weighted by molar-refractivity contribution is 5.17. The maximum Gasteiger partial charge on any atom is 0.187 e. The molecule has 13 N–H and O–H groups in total. The Morgan fingerprint density at radius 1 is 0.500 bits per heavy atom. The van der Waals surface area contributed by atoms with Gasteiger partial charge in [0.25, 0.3) is 0 Å². The quantitative estimate of drug-likeness (QED) is 0.165. The third-order valence-electron chi connectivity index (χ3n) is 6.78. The predicted octanol–water partition coefficient (Wildman–Crippen LogP) is -8.80. The molecule has 1 saturated carbocycles.